The Morgan fingerprint density at radius 1 is 1.30 bits per heavy atom. The molecular formula is C7H16N3. The van der Waals surface area contributed by atoms with Gasteiger partial charge in [-0.3, -0.25) is 0 Å². The molecule has 1 saturated carbocycles. The summed E-state index contributed by atoms with van der Waals surface area (Å²) in [6.45, 7) is 0. The van der Waals surface area contributed by atoms with Crippen molar-refractivity contribution in [1.82, 2.24) is 16.0 Å². The van der Waals surface area contributed by atoms with Gasteiger partial charge in [-0.1, -0.05) is 0 Å². The largest absolute Gasteiger partial charge is 0.314 e. The number of rotatable bonds is 3. The van der Waals surface area contributed by atoms with Gasteiger partial charge in [-0.25, -0.2) is 0 Å². The number of nitrogens with one attached hydrogen (secondary N) is 3. The van der Waals surface area contributed by atoms with Gasteiger partial charge in [0.25, 0.3) is 0 Å². The van der Waals surface area contributed by atoms with Gasteiger partial charge in [-0.2, -0.15) is 0 Å². The normalized spacial score (nSPS) is 29.7. The smallest absolute Gasteiger partial charge is 0.0873 e. The average molecular weight is 142 g/mol. The lowest BCUT2D eigenvalue weighted by Gasteiger charge is -2.49. The van der Waals surface area contributed by atoms with Gasteiger partial charge in [0.2, 0.25) is 0 Å². The lowest BCUT2D eigenvalue weighted by molar-refractivity contribution is 0.174. The summed E-state index contributed by atoms with van der Waals surface area (Å²) in [6, 6.07) is 0.530. The number of likely N-dealkylation sites (N-methyl/N-ethyl adjacent to an activating group) is 3. The Kier molecular flexibility index (Phi) is 2.28. The molecule has 1 unspecified atom stereocenters. The van der Waals surface area contributed by atoms with Gasteiger partial charge in [0.05, 0.1) is 5.66 Å². The fourth-order valence-electron chi connectivity index (χ4n) is 1.49. The Morgan fingerprint density at radius 2 is 1.90 bits per heavy atom. The van der Waals surface area contributed by atoms with Crippen molar-refractivity contribution in [2.24, 2.45) is 0 Å². The average Bonchev–Trinajstić information content (AvgIpc) is 1.90. The van der Waals surface area contributed by atoms with Crippen molar-refractivity contribution >= 4 is 0 Å². The molecule has 59 valence electrons. The van der Waals surface area contributed by atoms with Crippen LogP contribution in [0.1, 0.15) is 6.42 Å². The topological polar surface area (TPSA) is 36.1 Å². The van der Waals surface area contributed by atoms with Crippen LogP contribution in [0.3, 0.4) is 0 Å². The molecule has 10 heavy (non-hydrogen) atoms. The van der Waals surface area contributed by atoms with E-state index in [1.807, 2.05) is 21.1 Å². The summed E-state index contributed by atoms with van der Waals surface area (Å²) in [6.07, 6.45) is 3.38. The van der Waals surface area contributed by atoms with Crippen LogP contribution in [0.25, 0.3) is 0 Å². The highest BCUT2D eigenvalue weighted by Crippen LogP contribution is 2.27. The minimum absolute atomic E-state index is 0.0365. The quantitative estimate of drug-likeness (QED) is 0.457. The Balaban J connectivity index is 2.48. The minimum Gasteiger partial charge on any atom is -0.314 e. The molecular weight excluding hydrogens is 126 g/mol. The van der Waals surface area contributed by atoms with E-state index in [1.54, 1.807) is 0 Å². The van der Waals surface area contributed by atoms with Crippen LogP contribution in [-0.4, -0.2) is 32.8 Å². The molecule has 1 radical (unpaired) electrons. The van der Waals surface area contributed by atoms with Crippen LogP contribution in [0.5, 0.6) is 0 Å². The van der Waals surface area contributed by atoms with Crippen molar-refractivity contribution in [2.45, 2.75) is 18.1 Å². The minimum atomic E-state index is 0.0365. The van der Waals surface area contributed by atoms with E-state index < -0.39 is 0 Å². The molecule has 1 atom stereocenters. The molecule has 3 N–H and O–H groups in total. The summed E-state index contributed by atoms with van der Waals surface area (Å²) in [4.78, 5) is 0. The second-order valence-electron chi connectivity index (χ2n) is 2.65. The van der Waals surface area contributed by atoms with Gasteiger partial charge in [0.15, 0.2) is 0 Å². The van der Waals surface area contributed by atoms with Gasteiger partial charge in [-0.15, -0.1) is 0 Å². The monoisotopic (exact) mass is 142 g/mol. The van der Waals surface area contributed by atoms with E-state index in [0.29, 0.717) is 6.04 Å². The molecule has 1 rings (SSSR count). The van der Waals surface area contributed by atoms with Gasteiger partial charge in [0.1, 0.15) is 0 Å². The summed E-state index contributed by atoms with van der Waals surface area (Å²) in [7, 11) is 5.92. The first kappa shape index (κ1) is 7.98. The number of hydrogen-bond acceptors (Lipinski definition) is 3. The molecule has 0 aromatic carbocycles. The molecule has 1 aliphatic carbocycles. The molecule has 1 aliphatic rings. The Hall–Kier alpha value is -0.120. The van der Waals surface area contributed by atoms with E-state index in [9.17, 15) is 0 Å². The summed E-state index contributed by atoms with van der Waals surface area (Å²) < 4.78 is 0. The third kappa shape index (κ3) is 0.944. The standard InChI is InChI=1S/C7H16N3/c1-8-6-4-5-7(6,9-2)10-3/h5-6,8-10H,4H2,1-3H3. The van der Waals surface area contributed by atoms with Gasteiger partial charge in [-0.05, 0) is 34.0 Å². The van der Waals surface area contributed by atoms with Crippen molar-refractivity contribution in [1.29, 1.82) is 0 Å². The molecule has 3 heteroatoms. The van der Waals surface area contributed by atoms with E-state index in [1.165, 1.54) is 0 Å². The highest BCUT2D eigenvalue weighted by molar-refractivity contribution is 5.16. The first-order valence-electron chi connectivity index (χ1n) is 3.68. The van der Waals surface area contributed by atoms with Crippen LogP contribution in [0.15, 0.2) is 0 Å². The van der Waals surface area contributed by atoms with Crippen LogP contribution in [0.4, 0.5) is 0 Å². The first-order valence-corrected chi connectivity index (χ1v) is 3.68. The predicted molar refractivity (Wildman–Crippen MR) is 42.6 cm³/mol. The van der Waals surface area contributed by atoms with Crippen LogP contribution in [-0.2, 0) is 0 Å². The fraction of sp³-hybridized carbons (Fsp3) is 0.857. The lowest BCUT2D eigenvalue weighted by atomic mass is 9.79. The van der Waals surface area contributed by atoms with Crippen molar-refractivity contribution in [3.8, 4) is 0 Å². The van der Waals surface area contributed by atoms with Crippen molar-refractivity contribution in [3.05, 3.63) is 6.42 Å². The Labute approximate surface area is 62.6 Å². The number of hydrogen-bond donors (Lipinski definition) is 3. The second kappa shape index (κ2) is 2.86. The molecule has 0 heterocycles. The third-order valence-corrected chi connectivity index (χ3v) is 2.40. The predicted octanol–water partition coefficient (Wildman–Crippen LogP) is -0.683. The fourth-order valence-corrected chi connectivity index (χ4v) is 1.49. The van der Waals surface area contributed by atoms with Crippen molar-refractivity contribution in [2.75, 3.05) is 21.1 Å². The van der Waals surface area contributed by atoms with E-state index in [0.717, 1.165) is 6.42 Å². The summed E-state index contributed by atoms with van der Waals surface area (Å²) in [5.41, 5.74) is 0.0365. The van der Waals surface area contributed by atoms with Crippen molar-refractivity contribution < 1.29 is 0 Å². The molecule has 0 spiro atoms. The third-order valence-electron chi connectivity index (χ3n) is 2.40. The zero-order chi connectivity index (χ0) is 7.61. The van der Waals surface area contributed by atoms with Gasteiger partial charge in [0, 0.05) is 6.04 Å². The summed E-state index contributed by atoms with van der Waals surface area (Å²) >= 11 is 0. The zero-order valence-electron chi connectivity index (χ0n) is 6.86. The van der Waals surface area contributed by atoms with Crippen LogP contribution < -0.4 is 16.0 Å². The Morgan fingerprint density at radius 3 is 2.00 bits per heavy atom. The van der Waals surface area contributed by atoms with E-state index >= 15 is 0 Å². The van der Waals surface area contributed by atoms with E-state index in [-0.39, 0.29) is 5.66 Å². The first-order chi connectivity index (χ1) is 4.79. The van der Waals surface area contributed by atoms with E-state index in [2.05, 4.69) is 22.4 Å². The SMILES string of the molecule is CNC1C[CH]C1(NC)NC. The maximum Gasteiger partial charge on any atom is 0.0873 e. The summed E-state index contributed by atoms with van der Waals surface area (Å²) in [5, 5.41) is 9.71. The van der Waals surface area contributed by atoms with Crippen LogP contribution >= 0.6 is 0 Å². The zero-order valence-corrected chi connectivity index (χ0v) is 6.86. The van der Waals surface area contributed by atoms with E-state index in [4.69, 9.17) is 0 Å². The second-order valence-corrected chi connectivity index (χ2v) is 2.65. The van der Waals surface area contributed by atoms with Crippen LogP contribution in [0.2, 0.25) is 0 Å². The molecule has 0 aliphatic heterocycles. The van der Waals surface area contributed by atoms with Gasteiger partial charge < -0.3 is 16.0 Å². The molecule has 0 aromatic heterocycles. The molecule has 0 bridgehead atoms. The lowest BCUT2D eigenvalue weighted by Crippen LogP contribution is -2.72. The Bertz CT molecular complexity index is 102. The molecule has 1 fully saturated rings. The molecule has 0 aromatic rings. The van der Waals surface area contributed by atoms with Gasteiger partial charge >= 0.3 is 0 Å². The molecule has 0 amide bonds. The molecule has 3 nitrogen and oxygen atoms in total. The van der Waals surface area contributed by atoms with Crippen LogP contribution in [0, 0.1) is 6.42 Å². The van der Waals surface area contributed by atoms with Crippen molar-refractivity contribution in [3.63, 3.8) is 0 Å². The molecule has 0 saturated heterocycles. The highest BCUT2D eigenvalue weighted by atomic mass is 15.2. The highest BCUT2D eigenvalue weighted by Gasteiger charge is 2.43. The maximum atomic E-state index is 3.24. The maximum absolute atomic E-state index is 3.24. The summed E-state index contributed by atoms with van der Waals surface area (Å²) in [5.74, 6) is 0.